The van der Waals surface area contributed by atoms with Crippen molar-refractivity contribution in [3.05, 3.63) is 30.3 Å². The van der Waals surface area contributed by atoms with Gasteiger partial charge >= 0.3 is 0 Å². The van der Waals surface area contributed by atoms with Crippen molar-refractivity contribution in [3.63, 3.8) is 0 Å². The number of ether oxygens (including phenoxy) is 1. The zero-order chi connectivity index (χ0) is 10.1. The van der Waals surface area contributed by atoms with Gasteiger partial charge in [0.1, 0.15) is 0 Å². The first-order valence-electron chi connectivity index (χ1n) is 4.68. The van der Waals surface area contributed by atoms with Crippen LogP contribution in [-0.2, 0) is 9.53 Å². The third kappa shape index (κ3) is 1.63. The summed E-state index contributed by atoms with van der Waals surface area (Å²) in [6.07, 6.45) is -0.158. The maximum atomic E-state index is 11.7. The Morgan fingerprint density at radius 2 is 1.93 bits per heavy atom. The largest absolute Gasteiger partial charge is 0.359 e. The lowest BCUT2D eigenvalue weighted by Crippen LogP contribution is -2.31. The molecule has 0 aliphatic carbocycles. The topological polar surface area (TPSA) is 32.8 Å². The number of amides is 1. The van der Waals surface area contributed by atoms with E-state index in [2.05, 4.69) is 0 Å². The fourth-order valence-electron chi connectivity index (χ4n) is 1.41. The Bertz CT molecular complexity index is 336. The fraction of sp³-hybridized carbons (Fsp3) is 0.364. The summed E-state index contributed by atoms with van der Waals surface area (Å²) in [7, 11) is 1.77. The molecule has 1 amide bonds. The molecule has 2 atom stereocenters. The van der Waals surface area contributed by atoms with E-state index in [4.69, 9.17) is 4.74 Å². The summed E-state index contributed by atoms with van der Waals surface area (Å²) < 4.78 is 5.13. The average Bonchev–Trinajstić information content (AvgIpc) is 2.95. The lowest BCUT2D eigenvalue weighted by Gasteiger charge is -2.15. The SMILES string of the molecule is CC1OC1C(=O)N(C)c1ccccc1. The summed E-state index contributed by atoms with van der Waals surface area (Å²) >= 11 is 0. The molecule has 2 rings (SSSR count). The number of para-hydroxylation sites is 1. The Labute approximate surface area is 83.3 Å². The Kier molecular flexibility index (Phi) is 2.25. The van der Waals surface area contributed by atoms with E-state index in [1.807, 2.05) is 37.3 Å². The van der Waals surface area contributed by atoms with Crippen LogP contribution in [0.15, 0.2) is 30.3 Å². The molecule has 3 heteroatoms. The van der Waals surface area contributed by atoms with Crippen molar-refractivity contribution in [2.45, 2.75) is 19.1 Å². The average molecular weight is 191 g/mol. The van der Waals surface area contributed by atoms with E-state index in [1.165, 1.54) is 0 Å². The minimum atomic E-state index is -0.236. The van der Waals surface area contributed by atoms with Gasteiger partial charge in [-0.25, -0.2) is 0 Å². The maximum absolute atomic E-state index is 11.7. The number of carbonyl (C=O) groups is 1. The van der Waals surface area contributed by atoms with Gasteiger partial charge in [-0.2, -0.15) is 0 Å². The van der Waals surface area contributed by atoms with Crippen molar-refractivity contribution in [1.82, 2.24) is 0 Å². The van der Waals surface area contributed by atoms with Gasteiger partial charge in [-0.05, 0) is 19.1 Å². The molecule has 2 unspecified atom stereocenters. The fourth-order valence-corrected chi connectivity index (χ4v) is 1.41. The Hall–Kier alpha value is -1.35. The number of rotatable bonds is 2. The molecule has 1 aliphatic heterocycles. The molecule has 1 aliphatic rings. The molecule has 1 saturated heterocycles. The zero-order valence-corrected chi connectivity index (χ0v) is 8.31. The van der Waals surface area contributed by atoms with Crippen LogP contribution in [-0.4, -0.2) is 25.2 Å². The third-order valence-electron chi connectivity index (χ3n) is 2.43. The number of hydrogen-bond acceptors (Lipinski definition) is 2. The molecule has 0 aromatic heterocycles. The van der Waals surface area contributed by atoms with Crippen LogP contribution in [0.1, 0.15) is 6.92 Å². The van der Waals surface area contributed by atoms with E-state index in [0.717, 1.165) is 5.69 Å². The number of hydrogen-bond donors (Lipinski definition) is 0. The molecule has 0 N–H and O–H groups in total. The highest BCUT2D eigenvalue weighted by Gasteiger charge is 2.42. The third-order valence-corrected chi connectivity index (χ3v) is 2.43. The molecule has 74 valence electrons. The van der Waals surface area contributed by atoms with Crippen molar-refractivity contribution in [2.24, 2.45) is 0 Å². The highest BCUT2D eigenvalue weighted by atomic mass is 16.6. The van der Waals surface area contributed by atoms with E-state index in [-0.39, 0.29) is 18.1 Å². The Morgan fingerprint density at radius 1 is 1.36 bits per heavy atom. The van der Waals surface area contributed by atoms with Crippen molar-refractivity contribution in [2.75, 3.05) is 11.9 Å². The Balaban J connectivity index is 2.09. The first-order valence-corrected chi connectivity index (χ1v) is 4.68. The number of benzene rings is 1. The van der Waals surface area contributed by atoms with Gasteiger partial charge in [-0.1, -0.05) is 18.2 Å². The monoisotopic (exact) mass is 191 g/mol. The summed E-state index contributed by atoms with van der Waals surface area (Å²) in [4.78, 5) is 13.4. The summed E-state index contributed by atoms with van der Waals surface area (Å²) in [6.45, 7) is 1.90. The van der Waals surface area contributed by atoms with Crippen LogP contribution < -0.4 is 4.90 Å². The van der Waals surface area contributed by atoms with Crippen LogP contribution in [0.5, 0.6) is 0 Å². The molecule has 1 heterocycles. The quantitative estimate of drug-likeness (QED) is 0.662. The van der Waals surface area contributed by atoms with Crippen LogP contribution >= 0.6 is 0 Å². The highest BCUT2D eigenvalue weighted by molar-refractivity contribution is 5.97. The van der Waals surface area contributed by atoms with E-state index in [1.54, 1.807) is 11.9 Å². The van der Waals surface area contributed by atoms with Gasteiger partial charge < -0.3 is 9.64 Å². The molecule has 3 nitrogen and oxygen atoms in total. The van der Waals surface area contributed by atoms with Gasteiger partial charge in [0, 0.05) is 12.7 Å². The van der Waals surface area contributed by atoms with Gasteiger partial charge in [0.15, 0.2) is 6.10 Å². The van der Waals surface area contributed by atoms with Gasteiger partial charge in [0.2, 0.25) is 0 Å². The van der Waals surface area contributed by atoms with Crippen LogP contribution in [0.3, 0.4) is 0 Å². The molecular weight excluding hydrogens is 178 g/mol. The van der Waals surface area contributed by atoms with Gasteiger partial charge in [-0.15, -0.1) is 0 Å². The minimum Gasteiger partial charge on any atom is -0.359 e. The molecule has 0 saturated carbocycles. The first kappa shape index (κ1) is 9.21. The summed E-state index contributed by atoms with van der Waals surface area (Å²) in [6, 6.07) is 9.57. The van der Waals surface area contributed by atoms with Crippen molar-refractivity contribution < 1.29 is 9.53 Å². The number of anilines is 1. The summed E-state index contributed by atoms with van der Waals surface area (Å²) in [5, 5.41) is 0. The Morgan fingerprint density at radius 3 is 2.43 bits per heavy atom. The number of likely N-dealkylation sites (N-methyl/N-ethyl adjacent to an activating group) is 1. The second kappa shape index (κ2) is 3.42. The second-order valence-corrected chi connectivity index (χ2v) is 3.49. The van der Waals surface area contributed by atoms with E-state index >= 15 is 0 Å². The van der Waals surface area contributed by atoms with Crippen molar-refractivity contribution in [1.29, 1.82) is 0 Å². The lowest BCUT2D eigenvalue weighted by atomic mass is 10.2. The van der Waals surface area contributed by atoms with Crippen LogP contribution in [0.2, 0.25) is 0 Å². The van der Waals surface area contributed by atoms with Crippen LogP contribution in [0, 0.1) is 0 Å². The van der Waals surface area contributed by atoms with E-state index in [9.17, 15) is 4.79 Å². The predicted molar refractivity (Wildman–Crippen MR) is 54.2 cm³/mol. The molecule has 14 heavy (non-hydrogen) atoms. The van der Waals surface area contributed by atoms with Gasteiger partial charge in [-0.3, -0.25) is 4.79 Å². The highest BCUT2D eigenvalue weighted by Crippen LogP contribution is 2.25. The summed E-state index contributed by atoms with van der Waals surface area (Å²) in [5.41, 5.74) is 0.903. The van der Waals surface area contributed by atoms with Crippen molar-refractivity contribution >= 4 is 11.6 Å². The number of nitrogens with zero attached hydrogens (tertiary/aromatic N) is 1. The molecule has 0 spiro atoms. The predicted octanol–water partition coefficient (Wildman–Crippen LogP) is 1.44. The molecular formula is C11H13NO2. The zero-order valence-electron chi connectivity index (χ0n) is 8.31. The van der Waals surface area contributed by atoms with Crippen molar-refractivity contribution in [3.8, 4) is 0 Å². The minimum absolute atomic E-state index is 0.0312. The number of carbonyl (C=O) groups excluding carboxylic acids is 1. The molecule has 0 bridgehead atoms. The molecule has 1 aromatic carbocycles. The summed E-state index contributed by atoms with van der Waals surface area (Å²) in [5.74, 6) is 0.0312. The van der Waals surface area contributed by atoms with Crippen LogP contribution in [0.25, 0.3) is 0 Å². The molecule has 0 radical (unpaired) electrons. The molecule has 1 fully saturated rings. The number of epoxide rings is 1. The maximum Gasteiger partial charge on any atom is 0.258 e. The van der Waals surface area contributed by atoms with E-state index < -0.39 is 0 Å². The van der Waals surface area contributed by atoms with Crippen LogP contribution in [0.4, 0.5) is 5.69 Å². The van der Waals surface area contributed by atoms with Gasteiger partial charge in [0.25, 0.3) is 5.91 Å². The second-order valence-electron chi connectivity index (χ2n) is 3.49. The normalized spacial score (nSPS) is 24.4. The van der Waals surface area contributed by atoms with E-state index in [0.29, 0.717) is 0 Å². The first-order chi connectivity index (χ1) is 6.70. The van der Waals surface area contributed by atoms with Gasteiger partial charge in [0.05, 0.1) is 6.10 Å². The standard InChI is InChI=1S/C11H13NO2/c1-8-10(14-8)11(13)12(2)9-6-4-3-5-7-9/h3-8,10H,1-2H3. The lowest BCUT2D eigenvalue weighted by molar-refractivity contribution is -0.119. The smallest absolute Gasteiger partial charge is 0.258 e. The molecule has 1 aromatic rings.